The maximum absolute atomic E-state index is 11.0. The molecule has 1 heterocycles. The molecular weight excluding hydrogens is 202 g/mol. The number of esters is 1. The Morgan fingerprint density at radius 2 is 2.00 bits per heavy atom. The molecule has 15 heavy (non-hydrogen) atoms. The summed E-state index contributed by atoms with van der Waals surface area (Å²) < 4.78 is 4.60. The van der Waals surface area contributed by atoms with Crippen LogP contribution in [-0.4, -0.2) is 47.0 Å². The number of amides is 2. The molecule has 0 spiro atoms. The van der Waals surface area contributed by atoms with Crippen LogP contribution in [0.5, 0.6) is 0 Å². The molecule has 1 aliphatic rings. The molecule has 0 bridgehead atoms. The maximum Gasteiger partial charge on any atom is 0.334 e. The average Bonchev–Trinajstić information content (AvgIpc) is 2.48. The summed E-state index contributed by atoms with van der Waals surface area (Å²) in [6, 6.07) is 0. The van der Waals surface area contributed by atoms with Gasteiger partial charge in [0, 0.05) is 12.2 Å². The standard InChI is InChI=1S/C9H11NO5/c1-6(11)9(14)15-5-4-10-7(12)2-3-8(10)13/h2-3,6,11H,4-5H2,1H3. The van der Waals surface area contributed by atoms with Crippen molar-refractivity contribution in [2.24, 2.45) is 0 Å². The van der Waals surface area contributed by atoms with E-state index < -0.39 is 23.9 Å². The van der Waals surface area contributed by atoms with Crippen LogP contribution >= 0.6 is 0 Å². The first-order chi connectivity index (χ1) is 7.02. The summed E-state index contributed by atoms with van der Waals surface area (Å²) in [5.74, 6) is -1.62. The number of aliphatic hydroxyl groups excluding tert-OH is 1. The van der Waals surface area contributed by atoms with Gasteiger partial charge in [-0.2, -0.15) is 0 Å². The second-order valence-electron chi connectivity index (χ2n) is 3.00. The van der Waals surface area contributed by atoms with Crippen molar-refractivity contribution < 1.29 is 24.2 Å². The number of hydrogen-bond acceptors (Lipinski definition) is 5. The summed E-state index contributed by atoms with van der Waals surface area (Å²) >= 11 is 0. The van der Waals surface area contributed by atoms with Crippen molar-refractivity contribution >= 4 is 17.8 Å². The normalized spacial score (nSPS) is 17.1. The zero-order valence-electron chi connectivity index (χ0n) is 8.17. The number of ether oxygens (including phenoxy) is 1. The van der Waals surface area contributed by atoms with Crippen LogP contribution in [0.15, 0.2) is 12.2 Å². The van der Waals surface area contributed by atoms with Gasteiger partial charge in [0.05, 0.1) is 6.54 Å². The quantitative estimate of drug-likeness (QED) is 0.470. The van der Waals surface area contributed by atoms with Crippen LogP contribution in [0.4, 0.5) is 0 Å². The monoisotopic (exact) mass is 213 g/mol. The lowest BCUT2D eigenvalue weighted by Crippen LogP contribution is -2.34. The molecule has 1 unspecified atom stereocenters. The van der Waals surface area contributed by atoms with E-state index in [9.17, 15) is 14.4 Å². The SMILES string of the molecule is CC(O)C(=O)OCCN1C(=O)C=CC1=O. The fourth-order valence-electron chi connectivity index (χ4n) is 1.01. The Balaban J connectivity index is 2.30. The minimum Gasteiger partial charge on any atom is -0.462 e. The van der Waals surface area contributed by atoms with Crippen molar-refractivity contribution in [3.63, 3.8) is 0 Å². The molecule has 1 N–H and O–H groups in total. The van der Waals surface area contributed by atoms with Crippen molar-refractivity contribution in [3.8, 4) is 0 Å². The van der Waals surface area contributed by atoms with E-state index in [1.165, 1.54) is 6.92 Å². The highest BCUT2D eigenvalue weighted by atomic mass is 16.5. The third-order valence-electron chi connectivity index (χ3n) is 1.80. The summed E-state index contributed by atoms with van der Waals surface area (Å²) in [5, 5.41) is 8.78. The first-order valence-corrected chi connectivity index (χ1v) is 4.40. The van der Waals surface area contributed by atoms with Crippen LogP contribution in [-0.2, 0) is 19.1 Å². The van der Waals surface area contributed by atoms with E-state index in [-0.39, 0.29) is 13.2 Å². The molecule has 0 aliphatic carbocycles. The maximum atomic E-state index is 11.0. The minimum atomic E-state index is -1.20. The zero-order valence-corrected chi connectivity index (χ0v) is 8.17. The zero-order chi connectivity index (χ0) is 11.4. The molecule has 1 aliphatic heterocycles. The van der Waals surface area contributed by atoms with E-state index in [1.807, 2.05) is 0 Å². The van der Waals surface area contributed by atoms with Crippen molar-refractivity contribution in [2.45, 2.75) is 13.0 Å². The molecule has 6 nitrogen and oxygen atoms in total. The van der Waals surface area contributed by atoms with Crippen LogP contribution in [0, 0.1) is 0 Å². The van der Waals surface area contributed by atoms with Crippen LogP contribution in [0.1, 0.15) is 6.92 Å². The predicted octanol–water partition coefficient (Wildman–Crippen LogP) is -1.16. The van der Waals surface area contributed by atoms with Gasteiger partial charge in [-0.3, -0.25) is 14.5 Å². The summed E-state index contributed by atoms with van der Waals surface area (Å²) in [6.07, 6.45) is 1.10. The highest BCUT2D eigenvalue weighted by Gasteiger charge is 2.23. The lowest BCUT2D eigenvalue weighted by molar-refractivity contribution is -0.154. The summed E-state index contributed by atoms with van der Waals surface area (Å²) in [4.78, 5) is 33.8. The second kappa shape index (κ2) is 4.70. The van der Waals surface area contributed by atoms with Gasteiger partial charge in [-0.25, -0.2) is 4.79 Å². The molecule has 82 valence electrons. The Morgan fingerprint density at radius 3 is 2.47 bits per heavy atom. The molecule has 0 saturated heterocycles. The van der Waals surface area contributed by atoms with E-state index >= 15 is 0 Å². The van der Waals surface area contributed by atoms with Gasteiger partial charge in [0.2, 0.25) is 0 Å². The Hall–Kier alpha value is -1.69. The molecule has 1 rings (SSSR count). The molecule has 0 aromatic rings. The number of imide groups is 1. The van der Waals surface area contributed by atoms with E-state index in [0.717, 1.165) is 17.1 Å². The third kappa shape index (κ3) is 2.88. The van der Waals surface area contributed by atoms with Crippen LogP contribution in [0.3, 0.4) is 0 Å². The number of rotatable bonds is 4. The molecule has 2 amide bonds. The van der Waals surface area contributed by atoms with Gasteiger partial charge >= 0.3 is 5.97 Å². The van der Waals surface area contributed by atoms with Crippen LogP contribution < -0.4 is 0 Å². The van der Waals surface area contributed by atoms with E-state index in [0.29, 0.717) is 0 Å². The fraction of sp³-hybridized carbons (Fsp3) is 0.444. The number of carbonyl (C=O) groups excluding carboxylic acids is 3. The smallest absolute Gasteiger partial charge is 0.334 e. The molecule has 1 atom stereocenters. The molecule has 6 heteroatoms. The lowest BCUT2D eigenvalue weighted by atomic mass is 10.4. The highest BCUT2D eigenvalue weighted by Crippen LogP contribution is 2.02. The van der Waals surface area contributed by atoms with Gasteiger partial charge in [-0.1, -0.05) is 0 Å². The van der Waals surface area contributed by atoms with Crippen LogP contribution in [0.2, 0.25) is 0 Å². The molecule has 0 radical (unpaired) electrons. The van der Waals surface area contributed by atoms with E-state index in [1.54, 1.807) is 0 Å². The van der Waals surface area contributed by atoms with Gasteiger partial charge in [-0.15, -0.1) is 0 Å². The largest absolute Gasteiger partial charge is 0.462 e. The Labute approximate surface area is 86.1 Å². The second-order valence-corrected chi connectivity index (χ2v) is 3.00. The van der Waals surface area contributed by atoms with Gasteiger partial charge in [0.25, 0.3) is 11.8 Å². The van der Waals surface area contributed by atoms with Crippen molar-refractivity contribution in [3.05, 3.63) is 12.2 Å². The van der Waals surface area contributed by atoms with Gasteiger partial charge in [-0.05, 0) is 6.92 Å². The van der Waals surface area contributed by atoms with Crippen molar-refractivity contribution in [1.82, 2.24) is 4.90 Å². The number of aliphatic hydroxyl groups is 1. The fourth-order valence-corrected chi connectivity index (χ4v) is 1.01. The van der Waals surface area contributed by atoms with E-state index in [2.05, 4.69) is 4.74 Å². The topological polar surface area (TPSA) is 83.9 Å². The Bertz CT molecular complexity index is 302. The number of hydrogen-bond donors (Lipinski definition) is 1. The number of carbonyl (C=O) groups is 3. The number of nitrogens with zero attached hydrogens (tertiary/aromatic N) is 1. The summed E-state index contributed by atoms with van der Waals surface area (Å²) in [6.45, 7) is 1.17. The van der Waals surface area contributed by atoms with Gasteiger partial charge in [0.15, 0.2) is 0 Å². The van der Waals surface area contributed by atoms with Crippen molar-refractivity contribution in [2.75, 3.05) is 13.2 Å². The highest BCUT2D eigenvalue weighted by molar-refractivity contribution is 6.12. The predicted molar refractivity (Wildman–Crippen MR) is 48.5 cm³/mol. The van der Waals surface area contributed by atoms with Gasteiger partial charge in [0.1, 0.15) is 12.7 Å². The first kappa shape index (κ1) is 11.4. The summed E-state index contributed by atoms with van der Waals surface area (Å²) in [7, 11) is 0. The molecule has 0 aromatic heterocycles. The molecular formula is C9H11NO5. The summed E-state index contributed by atoms with van der Waals surface area (Å²) in [5.41, 5.74) is 0. The Morgan fingerprint density at radius 1 is 1.47 bits per heavy atom. The first-order valence-electron chi connectivity index (χ1n) is 4.40. The van der Waals surface area contributed by atoms with Gasteiger partial charge < -0.3 is 9.84 Å². The third-order valence-corrected chi connectivity index (χ3v) is 1.80. The lowest BCUT2D eigenvalue weighted by Gasteiger charge is -2.13. The van der Waals surface area contributed by atoms with Crippen molar-refractivity contribution in [1.29, 1.82) is 0 Å². The molecule has 0 fully saturated rings. The minimum absolute atomic E-state index is 0.00310. The molecule has 0 aromatic carbocycles. The van der Waals surface area contributed by atoms with E-state index in [4.69, 9.17) is 5.11 Å². The Kier molecular flexibility index (Phi) is 3.56. The van der Waals surface area contributed by atoms with Crippen LogP contribution in [0.25, 0.3) is 0 Å². The average molecular weight is 213 g/mol. The molecule has 0 saturated carbocycles.